The van der Waals surface area contributed by atoms with Gasteiger partial charge in [-0.25, -0.2) is 0 Å². The van der Waals surface area contributed by atoms with Crippen LogP contribution in [0.1, 0.15) is 24.3 Å². The van der Waals surface area contributed by atoms with Gasteiger partial charge in [0.1, 0.15) is 0 Å². The summed E-state index contributed by atoms with van der Waals surface area (Å²) in [5, 5.41) is 13.3. The number of ether oxygens (including phenoxy) is 1. The summed E-state index contributed by atoms with van der Waals surface area (Å²) in [5.74, 6) is -0.210. The Morgan fingerprint density at radius 2 is 2.37 bits per heavy atom. The number of aromatic nitrogens is 2. The van der Waals surface area contributed by atoms with Crippen LogP contribution in [-0.2, 0) is 11.3 Å². The first-order valence-corrected chi connectivity index (χ1v) is 6.43. The second kappa shape index (κ2) is 5.58. The second-order valence-corrected chi connectivity index (χ2v) is 4.75. The summed E-state index contributed by atoms with van der Waals surface area (Å²) < 4.78 is 7.14. The molecule has 2 atom stereocenters. The van der Waals surface area contributed by atoms with Gasteiger partial charge in [-0.1, -0.05) is 0 Å². The number of rotatable bonds is 3. The predicted octanol–water partition coefficient (Wildman–Crippen LogP) is -0.293. The molecule has 106 valence electrons. The maximum absolute atomic E-state index is 12.4. The zero-order valence-corrected chi connectivity index (χ0v) is 11.2. The number of amides is 1. The average Bonchev–Trinajstić information content (AvgIpc) is 2.78. The number of nitrogens with zero attached hydrogens (tertiary/aromatic N) is 3. The highest BCUT2D eigenvalue weighted by Crippen LogP contribution is 2.17. The van der Waals surface area contributed by atoms with Gasteiger partial charge in [0.2, 0.25) is 0 Å². The van der Waals surface area contributed by atoms with E-state index in [1.807, 2.05) is 13.8 Å². The molecule has 0 aliphatic carbocycles. The van der Waals surface area contributed by atoms with E-state index < -0.39 is 0 Å². The fourth-order valence-electron chi connectivity index (χ4n) is 2.23. The minimum atomic E-state index is -0.345. The number of nitrogens with two attached hydrogens (primary N) is 1. The van der Waals surface area contributed by atoms with Crippen LogP contribution in [-0.4, -0.2) is 57.6 Å². The van der Waals surface area contributed by atoms with Crippen LogP contribution in [0.4, 0.5) is 5.69 Å². The number of nitrogen functional groups attached to an aromatic ring is 1. The van der Waals surface area contributed by atoms with Gasteiger partial charge in [0.05, 0.1) is 24.5 Å². The van der Waals surface area contributed by atoms with Crippen molar-refractivity contribution in [3.05, 3.63) is 11.9 Å². The first kappa shape index (κ1) is 13.8. The van der Waals surface area contributed by atoms with E-state index in [-0.39, 0.29) is 30.4 Å². The van der Waals surface area contributed by atoms with Gasteiger partial charge in [-0.15, -0.1) is 0 Å². The van der Waals surface area contributed by atoms with Crippen molar-refractivity contribution in [2.45, 2.75) is 32.6 Å². The highest BCUT2D eigenvalue weighted by molar-refractivity contribution is 5.97. The van der Waals surface area contributed by atoms with Crippen molar-refractivity contribution in [1.82, 2.24) is 14.7 Å². The number of morpholine rings is 1. The molecule has 1 fully saturated rings. The van der Waals surface area contributed by atoms with Gasteiger partial charge in [0, 0.05) is 25.8 Å². The van der Waals surface area contributed by atoms with Crippen molar-refractivity contribution in [3.8, 4) is 0 Å². The van der Waals surface area contributed by atoms with E-state index in [0.29, 0.717) is 25.3 Å². The molecule has 0 aromatic carbocycles. The molecule has 0 spiro atoms. The van der Waals surface area contributed by atoms with E-state index in [4.69, 9.17) is 15.6 Å². The van der Waals surface area contributed by atoms with Crippen LogP contribution in [0.3, 0.4) is 0 Å². The molecule has 1 amide bonds. The summed E-state index contributed by atoms with van der Waals surface area (Å²) in [4.78, 5) is 14.0. The Morgan fingerprint density at radius 3 is 2.95 bits per heavy atom. The van der Waals surface area contributed by atoms with Crippen LogP contribution in [0, 0.1) is 0 Å². The van der Waals surface area contributed by atoms with E-state index in [9.17, 15) is 4.79 Å². The molecule has 1 aromatic rings. The predicted molar refractivity (Wildman–Crippen MR) is 69.6 cm³/mol. The lowest BCUT2D eigenvalue weighted by Gasteiger charge is -2.35. The first-order chi connectivity index (χ1) is 9.05. The summed E-state index contributed by atoms with van der Waals surface area (Å²) in [6, 6.07) is 0. The summed E-state index contributed by atoms with van der Waals surface area (Å²) >= 11 is 0. The normalized spacial score (nSPS) is 23.6. The number of carbonyl (C=O) groups is 1. The molecular formula is C12H20N4O3. The monoisotopic (exact) mass is 268 g/mol. The largest absolute Gasteiger partial charge is 0.396 e. The third-order valence-electron chi connectivity index (χ3n) is 3.13. The molecule has 2 unspecified atom stereocenters. The van der Waals surface area contributed by atoms with Crippen molar-refractivity contribution in [2.75, 3.05) is 25.4 Å². The quantitative estimate of drug-likeness (QED) is 0.785. The van der Waals surface area contributed by atoms with E-state index in [1.165, 1.54) is 0 Å². The summed E-state index contributed by atoms with van der Waals surface area (Å²) in [5.41, 5.74) is 6.47. The third-order valence-corrected chi connectivity index (χ3v) is 3.13. The summed E-state index contributed by atoms with van der Waals surface area (Å²) in [6.07, 6.45) is 1.20. The number of aryl methyl sites for hydroxylation is 1. The Balaban J connectivity index is 2.16. The Hall–Kier alpha value is -1.60. The Bertz CT molecular complexity index is 460. The maximum Gasteiger partial charge on any atom is 0.276 e. The fourth-order valence-corrected chi connectivity index (χ4v) is 2.23. The lowest BCUT2D eigenvalue weighted by Crippen LogP contribution is -2.50. The van der Waals surface area contributed by atoms with Crippen molar-refractivity contribution >= 4 is 11.6 Å². The molecule has 0 bridgehead atoms. The molecule has 7 heteroatoms. The van der Waals surface area contributed by atoms with Crippen LogP contribution in [0.2, 0.25) is 0 Å². The molecule has 7 nitrogen and oxygen atoms in total. The number of hydrogen-bond acceptors (Lipinski definition) is 5. The van der Waals surface area contributed by atoms with E-state index in [0.717, 1.165) is 0 Å². The molecule has 1 aliphatic heterocycles. The summed E-state index contributed by atoms with van der Waals surface area (Å²) in [7, 11) is 0. The lowest BCUT2D eigenvalue weighted by molar-refractivity contribution is -0.0859. The molecule has 1 saturated heterocycles. The van der Waals surface area contributed by atoms with Crippen LogP contribution in [0.25, 0.3) is 0 Å². The van der Waals surface area contributed by atoms with Crippen molar-refractivity contribution in [3.63, 3.8) is 0 Å². The Kier molecular flexibility index (Phi) is 4.06. The summed E-state index contributed by atoms with van der Waals surface area (Å²) in [6.45, 7) is 5.20. The zero-order valence-electron chi connectivity index (χ0n) is 11.2. The zero-order chi connectivity index (χ0) is 14.0. The van der Waals surface area contributed by atoms with Crippen LogP contribution in [0.5, 0.6) is 0 Å². The molecule has 19 heavy (non-hydrogen) atoms. The molecule has 1 aliphatic rings. The average molecular weight is 268 g/mol. The minimum Gasteiger partial charge on any atom is -0.396 e. The van der Waals surface area contributed by atoms with E-state index in [1.54, 1.807) is 15.8 Å². The van der Waals surface area contributed by atoms with E-state index >= 15 is 0 Å². The first-order valence-electron chi connectivity index (χ1n) is 6.43. The van der Waals surface area contributed by atoms with Gasteiger partial charge in [-0.05, 0) is 13.8 Å². The van der Waals surface area contributed by atoms with Crippen molar-refractivity contribution < 1.29 is 14.6 Å². The van der Waals surface area contributed by atoms with Gasteiger partial charge < -0.3 is 20.5 Å². The number of aliphatic hydroxyl groups excluding tert-OH is 1. The van der Waals surface area contributed by atoms with Crippen molar-refractivity contribution in [2.24, 2.45) is 0 Å². The highest BCUT2D eigenvalue weighted by atomic mass is 16.5. The molecule has 0 radical (unpaired) electrons. The molecule has 2 heterocycles. The Labute approximate surface area is 111 Å². The van der Waals surface area contributed by atoms with Gasteiger partial charge in [-0.3, -0.25) is 9.48 Å². The second-order valence-electron chi connectivity index (χ2n) is 4.75. The van der Waals surface area contributed by atoms with E-state index in [2.05, 4.69) is 5.10 Å². The number of aliphatic hydroxyl groups is 1. The smallest absolute Gasteiger partial charge is 0.276 e. The number of anilines is 1. The molecule has 0 saturated carbocycles. The van der Waals surface area contributed by atoms with Gasteiger partial charge in [0.15, 0.2) is 5.69 Å². The van der Waals surface area contributed by atoms with Crippen LogP contribution in [0.15, 0.2) is 6.20 Å². The van der Waals surface area contributed by atoms with Crippen LogP contribution >= 0.6 is 0 Å². The van der Waals surface area contributed by atoms with Crippen LogP contribution < -0.4 is 5.73 Å². The van der Waals surface area contributed by atoms with Gasteiger partial charge in [0.25, 0.3) is 5.91 Å². The topological polar surface area (TPSA) is 93.6 Å². The number of carbonyl (C=O) groups excluding carboxylic acids is 1. The fraction of sp³-hybridized carbons (Fsp3) is 0.667. The standard InChI is InChI=1S/C12H20N4O3/c1-3-16-6-10(13)11(14-16)12(18)15-4-8(2)19-9(5-15)7-17/h6,8-9,17H,3-5,7,13H2,1-2H3. The Morgan fingerprint density at radius 1 is 1.63 bits per heavy atom. The van der Waals surface area contributed by atoms with Crippen molar-refractivity contribution in [1.29, 1.82) is 0 Å². The van der Waals surface area contributed by atoms with Gasteiger partial charge >= 0.3 is 0 Å². The molecule has 3 N–H and O–H groups in total. The maximum atomic E-state index is 12.4. The van der Waals surface area contributed by atoms with Gasteiger partial charge in [-0.2, -0.15) is 5.10 Å². The molecular weight excluding hydrogens is 248 g/mol. The molecule has 2 rings (SSSR count). The third kappa shape index (κ3) is 2.87. The minimum absolute atomic E-state index is 0.104. The number of hydrogen-bond donors (Lipinski definition) is 2. The highest BCUT2D eigenvalue weighted by Gasteiger charge is 2.30. The lowest BCUT2D eigenvalue weighted by atomic mass is 10.2. The molecule has 1 aromatic heterocycles. The SMILES string of the molecule is CCn1cc(N)c(C(=O)N2CC(C)OC(CO)C2)n1.